The van der Waals surface area contributed by atoms with E-state index in [0.29, 0.717) is 71.5 Å². The molecule has 0 N–H and O–H groups in total. The molecule has 3 saturated heterocycles. The van der Waals surface area contributed by atoms with Crippen LogP contribution in [0, 0.1) is 35.5 Å². The molecule has 0 aliphatic carbocycles. The maximum absolute atomic E-state index is 11.8. The van der Waals surface area contributed by atoms with Gasteiger partial charge in [-0.2, -0.15) is 0 Å². The fraction of sp³-hybridized carbons (Fsp3) is 0.906. The van der Waals surface area contributed by atoms with Gasteiger partial charge in [-0.3, -0.25) is 14.4 Å². The summed E-state index contributed by atoms with van der Waals surface area (Å²) in [4.78, 5) is 41.1. The van der Waals surface area contributed by atoms with Crippen LogP contribution in [0.3, 0.4) is 0 Å². The molecule has 222 valence electrons. The lowest BCUT2D eigenvalue weighted by atomic mass is 9.87. The number of hydrogen-bond donors (Lipinski definition) is 0. The first-order chi connectivity index (χ1) is 17.5. The molecule has 0 aromatic heterocycles. The van der Waals surface area contributed by atoms with Gasteiger partial charge in [0.2, 0.25) is 17.7 Å². The molecule has 6 nitrogen and oxygen atoms in total. The lowest BCUT2D eigenvalue weighted by Gasteiger charge is -2.32. The Bertz CT molecular complexity index is 733. The number of hydrogen-bond acceptors (Lipinski definition) is 3. The third-order valence-corrected chi connectivity index (χ3v) is 8.84. The first-order valence-corrected chi connectivity index (χ1v) is 15.5. The van der Waals surface area contributed by atoms with Crippen LogP contribution in [0.25, 0.3) is 0 Å². The van der Waals surface area contributed by atoms with E-state index < -0.39 is 0 Å². The van der Waals surface area contributed by atoms with E-state index in [-0.39, 0.29) is 5.92 Å². The largest absolute Gasteiger partial charge is 0.340 e. The molecule has 0 aromatic carbocycles. The third kappa shape index (κ3) is 8.98. The summed E-state index contributed by atoms with van der Waals surface area (Å²) in [6.45, 7) is 29.8. The summed E-state index contributed by atoms with van der Waals surface area (Å²) >= 11 is 0. The Balaban J connectivity index is 0.000000286. The van der Waals surface area contributed by atoms with E-state index in [1.807, 2.05) is 9.80 Å². The molecule has 4 unspecified atom stereocenters. The molecular formula is C32H61N3O3. The van der Waals surface area contributed by atoms with Crippen molar-refractivity contribution in [1.82, 2.24) is 14.7 Å². The SMILES string of the molecule is CC(C)C1CC(=O)N(C(C)C)C1.CC(C)C1CCN(C(C)C)C1=O.CCC1C(C(C)C)CC(=O)N1C(C)C. The topological polar surface area (TPSA) is 60.9 Å². The Kier molecular flexibility index (Phi) is 13.8. The zero-order valence-corrected chi connectivity index (χ0v) is 27.1. The van der Waals surface area contributed by atoms with Crippen LogP contribution < -0.4 is 0 Å². The average molecular weight is 536 g/mol. The van der Waals surface area contributed by atoms with E-state index >= 15 is 0 Å². The minimum absolute atomic E-state index is 0.285. The van der Waals surface area contributed by atoms with Crippen molar-refractivity contribution in [2.24, 2.45) is 35.5 Å². The Morgan fingerprint density at radius 3 is 1.53 bits per heavy atom. The van der Waals surface area contributed by atoms with Gasteiger partial charge in [0, 0.05) is 56.0 Å². The van der Waals surface area contributed by atoms with E-state index in [4.69, 9.17) is 0 Å². The van der Waals surface area contributed by atoms with Gasteiger partial charge in [-0.25, -0.2) is 0 Å². The van der Waals surface area contributed by atoms with Crippen molar-refractivity contribution in [3.63, 3.8) is 0 Å². The van der Waals surface area contributed by atoms with Crippen LogP contribution in [0.4, 0.5) is 0 Å². The van der Waals surface area contributed by atoms with E-state index in [2.05, 4.69) is 94.9 Å². The fourth-order valence-electron chi connectivity index (χ4n) is 6.25. The summed E-state index contributed by atoms with van der Waals surface area (Å²) in [5, 5.41) is 0. The lowest BCUT2D eigenvalue weighted by Crippen LogP contribution is -2.40. The van der Waals surface area contributed by atoms with Crippen molar-refractivity contribution < 1.29 is 14.4 Å². The second-order valence-corrected chi connectivity index (χ2v) is 13.6. The van der Waals surface area contributed by atoms with Crippen molar-refractivity contribution in [2.45, 2.75) is 140 Å². The van der Waals surface area contributed by atoms with E-state index in [1.165, 1.54) is 0 Å². The zero-order valence-electron chi connectivity index (χ0n) is 27.1. The molecule has 3 rings (SSSR count). The Labute approximate surface area is 235 Å². The normalized spacial score (nSPS) is 26.0. The molecule has 3 fully saturated rings. The monoisotopic (exact) mass is 535 g/mol. The van der Waals surface area contributed by atoms with Gasteiger partial charge in [0.15, 0.2) is 0 Å². The molecule has 0 bridgehead atoms. The molecule has 0 aromatic rings. The molecule has 38 heavy (non-hydrogen) atoms. The van der Waals surface area contributed by atoms with Crippen molar-refractivity contribution in [3.05, 3.63) is 0 Å². The second-order valence-electron chi connectivity index (χ2n) is 13.6. The molecule has 0 spiro atoms. The highest BCUT2D eigenvalue weighted by atomic mass is 16.2. The molecule has 3 aliphatic rings. The first-order valence-electron chi connectivity index (χ1n) is 15.5. The van der Waals surface area contributed by atoms with E-state index in [0.717, 1.165) is 38.8 Å². The van der Waals surface area contributed by atoms with Crippen molar-refractivity contribution in [1.29, 1.82) is 0 Å². The van der Waals surface area contributed by atoms with Gasteiger partial charge < -0.3 is 14.7 Å². The summed E-state index contributed by atoms with van der Waals surface area (Å²) in [5.41, 5.74) is 0. The van der Waals surface area contributed by atoms with Gasteiger partial charge in [-0.15, -0.1) is 0 Å². The third-order valence-electron chi connectivity index (χ3n) is 8.84. The molecule has 3 aliphatic heterocycles. The van der Waals surface area contributed by atoms with Crippen LogP contribution in [0.2, 0.25) is 0 Å². The number of nitrogens with zero attached hydrogens (tertiary/aromatic N) is 3. The number of likely N-dealkylation sites (tertiary alicyclic amines) is 3. The highest BCUT2D eigenvalue weighted by Crippen LogP contribution is 2.34. The van der Waals surface area contributed by atoms with Crippen LogP contribution >= 0.6 is 0 Å². The molecular weight excluding hydrogens is 474 g/mol. The maximum atomic E-state index is 11.8. The molecule has 0 radical (unpaired) electrons. The van der Waals surface area contributed by atoms with Crippen molar-refractivity contribution in [3.8, 4) is 0 Å². The molecule has 0 saturated carbocycles. The molecule has 3 amide bonds. The van der Waals surface area contributed by atoms with E-state index in [1.54, 1.807) is 0 Å². The Morgan fingerprint density at radius 1 is 0.684 bits per heavy atom. The summed E-state index contributed by atoms with van der Waals surface area (Å²) in [6.07, 6.45) is 3.66. The quantitative estimate of drug-likeness (QED) is 0.375. The lowest BCUT2D eigenvalue weighted by molar-refractivity contribution is -0.133. The maximum Gasteiger partial charge on any atom is 0.226 e. The van der Waals surface area contributed by atoms with Gasteiger partial charge in [-0.1, -0.05) is 48.5 Å². The summed E-state index contributed by atoms with van der Waals surface area (Å²) in [7, 11) is 0. The van der Waals surface area contributed by atoms with Gasteiger partial charge >= 0.3 is 0 Å². The summed E-state index contributed by atoms with van der Waals surface area (Å²) in [5.74, 6) is 4.24. The smallest absolute Gasteiger partial charge is 0.226 e. The minimum Gasteiger partial charge on any atom is -0.340 e. The van der Waals surface area contributed by atoms with Gasteiger partial charge in [0.1, 0.15) is 0 Å². The number of carbonyl (C=O) groups is 3. The van der Waals surface area contributed by atoms with Crippen LogP contribution in [0.1, 0.15) is 116 Å². The van der Waals surface area contributed by atoms with Crippen molar-refractivity contribution in [2.75, 3.05) is 13.1 Å². The average Bonchev–Trinajstić information content (AvgIpc) is 3.48. The van der Waals surface area contributed by atoms with Crippen LogP contribution in [-0.2, 0) is 14.4 Å². The summed E-state index contributed by atoms with van der Waals surface area (Å²) < 4.78 is 0. The fourth-order valence-corrected chi connectivity index (χ4v) is 6.25. The molecule has 6 heteroatoms. The predicted octanol–water partition coefficient (Wildman–Crippen LogP) is 6.48. The highest BCUT2D eigenvalue weighted by Gasteiger charge is 2.41. The van der Waals surface area contributed by atoms with Crippen LogP contribution in [-0.4, -0.2) is 69.7 Å². The Morgan fingerprint density at radius 2 is 1.24 bits per heavy atom. The molecule has 3 heterocycles. The van der Waals surface area contributed by atoms with E-state index in [9.17, 15) is 14.4 Å². The second kappa shape index (κ2) is 15.3. The predicted molar refractivity (Wildman–Crippen MR) is 159 cm³/mol. The minimum atomic E-state index is 0.285. The number of carbonyl (C=O) groups excluding carboxylic acids is 3. The van der Waals surface area contributed by atoms with Gasteiger partial charge in [0.25, 0.3) is 0 Å². The zero-order chi connectivity index (χ0) is 29.5. The standard InChI is InChI=1S/C12H23NO.2C10H19NO/c1-6-11-10(8(2)3)7-12(14)13(11)9(4)5;1-7(2)9-5-10(12)11(6-9)8(3)4;1-7(2)9-5-6-11(8(3)4)10(9)12/h8-11H,6-7H2,1-5H3;2*7-9H,5-6H2,1-4H3. The van der Waals surface area contributed by atoms with Gasteiger partial charge in [-0.05, 0) is 84.0 Å². The summed E-state index contributed by atoms with van der Waals surface area (Å²) in [6, 6.07) is 1.58. The highest BCUT2D eigenvalue weighted by molar-refractivity contribution is 5.81. The van der Waals surface area contributed by atoms with Crippen LogP contribution in [0.15, 0.2) is 0 Å². The Hall–Kier alpha value is -1.59. The van der Waals surface area contributed by atoms with Crippen molar-refractivity contribution >= 4 is 17.7 Å². The van der Waals surface area contributed by atoms with Gasteiger partial charge in [0.05, 0.1) is 0 Å². The molecule has 4 atom stereocenters. The number of amides is 3. The number of rotatable bonds is 7. The first kappa shape index (κ1) is 34.4. The van der Waals surface area contributed by atoms with Crippen LogP contribution in [0.5, 0.6) is 0 Å².